The van der Waals surface area contributed by atoms with E-state index in [0.29, 0.717) is 19.0 Å². The van der Waals surface area contributed by atoms with Crippen LogP contribution in [0.4, 0.5) is 11.6 Å². The van der Waals surface area contributed by atoms with Gasteiger partial charge in [0.2, 0.25) is 5.95 Å². The summed E-state index contributed by atoms with van der Waals surface area (Å²) < 4.78 is 7.38. The number of nitrogens with one attached hydrogen (secondary N) is 1. The molecule has 2 aromatic heterocycles. The van der Waals surface area contributed by atoms with E-state index in [4.69, 9.17) is 9.84 Å². The third-order valence-electron chi connectivity index (χ3n) is 4.41. The third kappa shape index (κ3) is 3.97. The maximum absolute atomic E-state index is 8.84. The zero-order chi connectivity index (χ0) is 19.3. The average Bonchev–Trinajstić information content (AvgIpc) is 3.13. The molecule has 4 aromatic rings. The molecule has 0 aliphatic heterocycles. The standard InChI is InChI=1S/C22H22N4O2/c1-16-5-9-18(10-6-16)23-22-24-21-20(4-2-13-26(21)25-22)17-7-11-19(12-8-17)28-15-3-14-27/h2,4-13,27H,3,14-15H2,1H3,(H,23,25). The Kier molecular flexibility index (Phi) is 5.21. The number of nitrogens with zero attached hydrogens (tertiary/aromatic N) is 3. The summed E-state index contributed by atoms with van der Waals surface area (Å²) in [5.74, 6) is 1.34. The third-order valence-corrected chi connectivity index (χ3v) is 4.41. The number of hydrogen-bond acceptors (Lipinski definition) is 5. The lowest BCUT2D eigenvalue weighted by molar-refractivity contribution is 0.233. The normalized spacial score (nSPS) is 10.9. The highest BCUT2D eigenvalue weighted by molar-refractivity contribution is 5.78. The summed E-state index contributed by atoms with van der Waals surface area (Å²) in [6, 6.07) is 20.0. The van der Waals surface area contributed by atoms with Gasteiger partial charge in [0.15, 0.2) is 5.65 Å². The molecule has 2 heterocycles. The van der Waals surface area contributed by atoms with Gasteiger partial charge in [-0.1, -0.05) is 29.8 Å². The van der Waals surface area contributed by atoms with Gasteiger partial charge < -0.3 is 15.2 Å². The predicted molar refractivity (Wildman–Crippen MR) is 110 cm³/mol. The van der Waals surface area contributed by atoms with E-state index in [2.05, 4.69) is 22.3 Å². The highest BCUT2D eigenvalue weighted by atomic mass is 16.5. The highest BCUT2D eigenvalue weighted by Crippen LogP contribution is 2.27. The topological polar surface area (TPSA) is 71.7 Å². The van der Waals surface area contributed by atoms with Crippen LogP contribution in [0.25, 0.3) is 16.8 Å². The van der Waals surface area contributed by atoms with Crippen molar-refractivity contribution < 1.29 is 9.84 Å². The summed E-state index contributed by atoms with van der Waals surface area (Å²) in [6.45, 7) is 2.69. The van der Waals surface area contributed by atoms with Crippen molar-refractivity contribution in [1.29, 1.82) is 0 Å². The molecule has 0 fully saturated rings. The molecule has 0 spiro atoms. The molecular weight excluding hydrogens is 352 g/mol. The van der Waals surface area contributed by atoms with E-state index in [0.717, 1.165) is 28.2 Å². The van der Waals surface area contributed by atoms with Gasteiger partial charge in [-0.2, -0.15) is 4.98 Å². The number of hydrogen-bond donors (Lipinski definition) is 2. The Morgan fingerprint density at radius 2 is 1.82 bits per heavy atom. The zero-order valence-corrected chi connectivity index (χ0v) is 15.7. The van der Waals surface area contributed by atoms with E-state index in [1.165, 1.54) is 5.56 Å². The minimum Gasteiger partial charge on any atom is -0.494 e. The van der Waals surface area contributed by atoms with Crippen molar-refractivity contribution in [2.75, 3.05) is 18.5 Å². The first-order valence-electron chi connectivity index (χ1n) is 9.26. The number of aliphatic hydroxyl groups is 1. The summed E-state index contributed by atoms with van der Waals surface area (Å²) in [5.41, 5.74) is 4.97. The van der Waals surface area contributed by atoms with Gasteiger partial charge in [-0.15, -0.1) is 5.10 Å². The molecule has 0 saturated heterocycles. The van der Waals surface area contributed by atoms with Crippen molar-refractivity contribution in [3.05, 3.63) is 72.4 Å². The van der Waals surface area contributed by atoms with Crippen LogP contribution in [0.1, 0.15) is 12.0 Å². The summed E-state index contributed by atoms with van der Waals surface area (Å²) in [6.07, 6.45) is 2.51. The number of aryl methyl sites for hydroxylation is 1. The Hall–Kier alpha value is -3.38. The monoisotopic (exact) mass is 374 g/mol. The summed E-state index contributed by atoms with van der Waals surface area (Å²) in [7, 11) is 0. The minimum atomic E-state index is 0.131. The van der Waals surface area contributed by atoms with Crippen molar-refractivity contribution in [3.63, 3.8) is 0 Å². The van der Waals surface area contributed by atoms with Gasteiger partial charge in [0.25, 0.3) is 0 Å². The molecular formula is C22H22N4O2. The summed E-state index contributed by atoms with van der Waals surface area (Å²) in [4.78, 5) is 4.67. The van der Waals surface area contributed by atoms with Crippen molar-refractivity contribution in [2.45, 2.75) is 13.3 Å². The van der Waals surface area contributed by atoms with Crippen LogP contribution in [0.3, 0.4) is 0 Å². The molecule has 0 bridgehead atoms. The smallest absolute Gasteiger partial charge is 0.247 e. The second kappa shape index (κ2) is 8.10. The first-order valence-corrected chi connectivity index (χ1v) is 9.26. The van der Waals surface area contributed by atoms with Crippen LogP contribution < -0.4 is 10.1 Å². The number of anilines is 2. The summed E-state index contributed by atoms with van der Waals surface area (Å²) >= 11 is 0. The molecule has 0 aliphatic carbocycles. The molecule has 6 nitrogen and oxygen atoms in total. The second-order valence-corrected chi connectivity index (χ2v) is 6.57. The molecule has 0 radical (unpaired) electrons. The lowest BCUT2D eigenvalue weighted by Crippen LogP contribution is -1.99. The van der Waals surface area contributed by atoms with Crippen molar-refractivity contribution in [2.24, 2.45) is 0 Å². The van der Waals surface area contributed by atoms with Gasteiger partial charge in [0, 0.05) is 30.5 Å². The lowest BCUT2D eigenvalue weighted by Gasteiger charge is -2.07. The predicted octanol–water partition coefficient (Wildman–Crippen LogP) is 4.21. The molecule has 6 heteroatoms. The fourth-order valence-corrected chi connectivity index (χ4v) is 2.94. The second-order valence-electron chi connectivity index (χ2n) is 6.57. The Morgan fingerprint density at radius 3 is 2.57 bits per heavy atom. The van der Waals surface area contributed by atoms with Gasteiger partial charge in [0.05, 0.1) is 6.61 Å². The number of aromatic nitrogens is 3. The van der Waals surface area contributed by atoms with Crippen LogP contribution in [0.2, 0.25) is 0 Å². The fourth-order valence-electron chi connectivity index (χ4n) is 2.94. The van der Waals surface area contributed by atoms with E-state index >= 15 is 0 Å². The van der Waals surface area contributed by atoms with E-state index in [1.807, 2.05) is 66.9 Å². The molecule has 0 saturated carbocycles. The van der Waals surface area contributed by atoms with E-state index < -0.39 is 0 Å². The van der Waals surface area contributed by atoms with Crippen LogP contribution >= 0.6 is 0 Å². The zero-order valence-electron chi connectivity index (χ0n) is 15.7. The molecule has 0 amide bonds. The Balaban J connectivity index is 1.59. The van der Waals surface area contributed by atoms with Crippen molar-refractivity contribution >= 4 is 17.3 Å². The van der Waals surface area contributed by atoms with Crippen molar-refractivity contribution in [3.8, 4) is 16.9 Å². The van der Waals surface area contributed by atoms with Gasteiger partial charge >= 0.3 is 0 Å². The molecule has 0 atom stereocenters. The maximum Gasteiger partial charge on any atom is 0.247 e. The minimum absolute atomic E-state index is 0.131. The molecule has 142 valence electrons. The van der Waals surface area contributed by atoms with Crippen LogP contribution in [-0.4, -0.2) is 32.9 Å². The highest BCUT2D eigenvalue weighted by Gasteiger charge is 2.10. The van der Waals surface area contributed by atoms with Gasteiger partial charge in [0.1, 0.15) is 5.75 Å². The van der Waals surface area contributed by atoms with E-state index in [9.17, 15) is 0 Å². The Morgan fingerprint density at radius 1 is 1.04 bits per heavy atom. The largest absolute Gasteiger partial charge is 0.494 e. The van der Waals surface area contributed by atoms with Gasteiger partial charge in [-0.3, -0.25) is 0 Å². The first-order chi connectivity index (χ1) is 13.7. The van der Waals surface area contributed by atoms with Crippen LogP contribution in [-0.2, 0) is 0 Å². The fraction of sp³-hybridized carbons (Fsp3) is 0.182. The van der Waals surface area contributed by atoms with Crippen LogP contribution in [0, 0.1) is 6.92 Å². The molecule has 0 aliphatic rings. The average molecular weight is 374 g/mol. The molecule has 2 N–H and O–H groups in total. The van der Waals surface area contributed by atoms with Gasteiger partial charge in [-0.05, 0) is 48.9 Å². The number of rotatable bonds is 7. The number of pyridine rings is 1. The number of fused-ring (bicyclic) bond motifs is 1. The van der Waals surface area contributed by atoms with E-state index in [-0.39, 0.29) is 6.61 Å². The first kappa shape index (κ1) is 18.0. The Bertz CT molecular complexity index is 1060. The quantitative estimate of drug-likeness (QED) is 0.474. The number of aliphatic hydroxyl groups excluding tert-OH is 1. The SMILES string of the molecule is Cc1ccc(Nc2nc3c(-c4ccc(OCCCO)cc4)cccn3n2)cc1. The number of benzene rings is 2. The number of ether oxygens (including phenoxy) is 1. The van der Waals surface area contributed by atoms with Crippen molar-refractivity contribution in [1.82, 2.24) is 14.6 Å². The maximum atomic E-state index is 8.84. The molecule has 28 heavy (non-hydrogen) atoms. The van der Waals surface area contributed by atoms with E-state index in [1.54, 1.807) is 4.52 Å². The van der Waals surface area contributed by atoms with Crippen LogP contribution in [0.15, 0.2) is 66.9 Å². The van der Waals surface area contributed by atoms with Crippen LogP contribution in [0.5, 0.6) is 5.75 Å². The molecule has 2 aromatic carbocycles. The summed E-state index contributed by atoms with van der Waals surface area (Å²) in [5, 5.41) is 16.6. The lowest BCUT2D eigenvalue weighted by atomic mass is 10.1. The molecule has 0 unspecified atom stereocenters. The molecule has 4 rings (SSSR count). The van der Waals surface area contributed by atoms with Gasteiger partial charge in [-0.25, -0.2) is 4.52 Å². The Labute approximate surface area is 163 Å².